The zero-order valence-electron chi connectivity index (χ0n) is 17.9. The van der Waals surface area contributed by atoms with Crippen LogP contribution in [0.3, 0.4) is 0 Å². The number of amides is 3. The van der Waals surface area contributed by atoms with E-state index in [2.05, 4.69) is 10.9 Å². The van der Waals surface area contributed by atoms with Crippen molar-refractivity contribution in [2.45, 2.75) is 13.0 Å². The molecule has 33 heavy (non-hydrogen) atoms. The molecule has 1 aromatic heterocycles. The van der Waals surface area contributed by atoms with Crippen molar-refractivity contribution in [2.24, 2.45) is 5.92 Å². The monoisotopic (exact) mass is 449 g/mol. The van der Waals surface area contributed by atoms with E-state index in [1.807, 2.05) is 30.3 Å². The molecule has 1 aliphatic heterocycles. The first-order valence-corrected chi connectivity index (χ1v) is 10.3. The topological polar surface area (TPSA) is 110 Å². The van der Waals surface area contributed by atoms with Gasteiger partial charge in [-0.2, -0.15) is 0 Å². The Hall–Kier alpha value is -4.27. The normalized spacial score (nSPS) is 15.2. The van der Waals surface area contributed by atoms with Gasteiger partial charge in [0, 0.05) is 18.7 Å². The van der Waals surface area contributed by atoms with Crippen molar-refractivity contribution in [3.8, 4) is 11.5 Å². The number of furan rings is 1. The molecule has 1 unspecified atom stereocenters. The third-order valence-corrected chi connectivity index (χ3v) is 5.19. The summed E-state index contributed by atoms with van der Waals surface area (Å²) < 4.78 is 16.2. The molecule has 170 valence electrons. The second-order valence-corrected chi connectivity index (χ2v) is 7.41. The van der Waals surface area contributed by atoms with Gasteiger partial charge < -0.3 is 18.8 Å². The molecule has 0 saturated carbocycles. The van der Waals surface area contributed by atoms with Gasteiger partial charge in [0.15, 0.2) is 5.76 Å². The molecule has 1 fully saturated rings. The lowest BCUT2D eigenvalue weighted by molar-refractivity contribution is -0.126. The summed E-state index contributed by atoms with van der Waals surface area (Å²) in [6, 6.07) is 19.4. The van der Waals surface area contributed by atoms with Crippen molar-refractivity contribution in [3.05, 3.63) is 78.3 Å². The van der Waals surface area contributed by atoms with E-state index >= 15 is 0 Å². The van der Waals surface area contributed by atoms with Gasteiger partial charge >= 0.3 is 5.91 Å². The predicted molar refractivity (Wildman–Crippen MR) is 119 cm³/mol. The van der Waals surface area contributed by atoms with Crippen LogP contribution in [0.15, 0.2) is 71.1 Å². The lowest BCUT2D eigenvalue weighted by Gasteiger charge is -2.17. The van der Waals surface area contributed by atoms with Gasteiger partial charge in [-0.25, -0.2) is 0 Å². The van der Waals surface area contributed by atoms with Gasteiger partial charge in [-0.3, -0.25) is 25.2 Å². The summed E-state index contributed by atoms with van der Waals surface area (Å²) in [7, 11) is 1.56. The molecule has 3 aromatic rings. The minimum atomic E-state index is -0.606. The standard InChI is InChI=1S/C24H23N3O6/c1-31-18-9-7-17(8-10-18)27-14-16(13-22(27)28)23(29)25-26-24(30)21-12-11-20(33-21)15-32-19-5-3-2-4-6-19/h2-12,16H,13-15H2,1H3,(H,25,29)(H,26,30). The van der Waals surface area contributed by atoms with E-state index in [-0.39, 0.29) is 31.2 Å². The van der Waals surface area contributed by atoms with Crippen molar-refractivity contribution in [1.29, 1.82) is 0 Å². The summed E-state index contributed by atoms with van der Waals surface area (Å²) in [6.07, 6.45) is 0.0510. The Bertz CT molecular complexity index is 1130. The molecule has 3 amide bonds. The van der Waals surface area contributed by atoms with E-state index in [1.165, 1.54) is 11.0 Å². The highest BCUT2D eigenvalue weighted by molar-refractivity contribution is 6.01. The van der Waals surface area contributed by atoms with Crippen LogP contribution in [0.2, 0.25) is 0 Å². The Morgan fingerprint density at radius 1 is 1.00 bits per heavy atom. The first kappa shape index (κ1) is 21.9. The summed E-state index contributed by atoms with van der Waals surface area (Å²) in [5.74, 6) is 0.0397. The first-order chi connectivity index (χ1) is 16.0. The van der Waals surface area contributed by atoms with Crippen molar-refractivity contribution >= 4 is 23.4 Å². The van der Waals surface area contributed by atoms with Crippen LogP contribution in [-0.2, 0) is 16.2 Å². The number of hydrazine groups is 1. The number of methoxy groups -OCH3 is 1. The molecule has 1 aliphatic rings. The molecule has 1 saturated heterocycles. The van der Waals surface area contributed by atoms with Crippen molar-refractivity contribution in [3.63, 3.8) is 0 Å². The van der Waals surface area contributed by atoms with Crippen LogP contribution in [0.5, 0.6) is 11.5 Å². The van der Waals surface area contributed by atoms with Crippen LogP contribution < -0.4 is 25.2 Å². The van der Waals surface area contributed by atoms with Crippen molar-refractivity contribution in [2.75, 3.05) is 18.6 Å². The molecular weight excluding hydrogens is 426 g/mol. The average molecular weight is 449 g/mol. The number of nitrogens with zero attached hydrogens (tertiary/aromatic N) is 1. The summed E-state index contributed by atoms with van der Waals surface area (Å²) >= 11 is 0. The van der Waals surface area contributed by atoms with Gasteiger partial charge in [-0.05, 0) is 48.5 Å². The number of benzene rings is 2. The predicted octanol–water partition coefficient (Wildman–Crippen LogP) is 2.68. The number of hydrogen-bond donors (Lipinski definition) is 2. The zero-order chi connectivity index (χ0) is 23.2. The molecule has 0 aliphatic carbocycles. The van der Waals surface area contributed by atoms with Gasteiger partial charge in [0.1, 0.15) is 23.9 Å². The molecule has 0 spiro atoms. The molecule has 9 heteroatoms. The van der Waals surface area contributed by atoms with Crippen LogP contribution in [-0.4, -0.2) is 31.4 Å². The fourth-order valence-electron chi connectivity index (χ4n) is 3.43. The van der Waals surface area contributed by atoms with E-state index in [1.54, 1.807) is 37.4 Å². The van der Waals surface area contributed by atoms with Crippen LogP contribution in [0.4, 0.5) is 5.69 Å². The number of rotatable bonds is 7. The van der Waals surface area contributed by atoms with Gasteiger partial charge in [0.05, 0.1) is 13.0 Å². The van der Waals surface area contributed by atoms with Gasteiger partial charge in [0.2, 0.25) is 11.8 Å². The van der Waals surface area contributed by atoms with Crippen LogP contribution in [0, 0.1) is 5.92 Å². The fourth-order valence-corrected chi connectivity index (χ4v) is 3.43. The Morgan fingerprint density at radius 3 is 2.48 bits per heavy atom. The van der Waals surface area contributed by atoms with Gasteiger partial charge in [-0.1, -0.05) is 18.2 Å². The zero-order valence-corrected chi connectivity index (χ0v) is 17.9. The molecule has 0 radical (unpaired) electrons. The summed E-state index contributed by atoms with van der Waals surface area (Å²) in [4.78, 5) is 38.7. The Labute approximate surface area is 190 Å². The maximum atomic E-state index is 12.5. The summed E-state index contributed by atoms with van der Waals surface area (Å²) in [5.41, 5.74) is 5.38. The number of nitrogens with one attached hydrogen (secondary N) is 2. The third-order valence-electron chi connectivity index (χ3n) is 5.19. The smallest absolute Gasteiger partial charge is 0.305 e. The Morgan fingerprint density at radius 2 is 1.76 bits per heavy atom. The summed E-state index contributed by atoms with van der Waals surface area (Å²) in [5, 5.41) is 0. The van der Waals surface area contributed by atoms with Crippen molar-refractivity contribution in [1.82, 2.24) is 10.9 Å². The highest BCUT2D eigenvalue weighted by Crippen LogP contribution is 2.26. The minimum absolute atomic E-state index is 0.0318. The lowest BCUT2D eigenvalue weighted by Crippen LogP contribution is -2.45. The highest BCUT2D eigenvalue weighted by atomic mass is 16.5. The largest absolute Gasteiger partial charge is 0.497 e. The molecular formula is C24H23N3O6. The molecule has 2 aromatic carbocycles. The number of hydrogen-bond acceptors (Lipinski definition) is 6. The lowest BCUT2D eigenvalue weighted by atomic mass is 10.1. The fraction of sp³-hybridized carbons (Fsp3) is 0.208. The average Bonchev–Trinajstić information content (AvgIpc) is 3.49. The third kappa shape index (κ3) is 5.32. The van der Waals surface area contributed by atoms with E-state index < -0.39 is 17.7 Å². The molecule has 2 N–H and O–H groups in total. The second kappa shape index (κ2) is 9.90. The Kier molecular flexibility index (Phi) is 6.58. The molecule has 0 bridgehead atoms. The van der Waals surface area contributed by atoms with Crippen LogP contribution in [0.1, 0.15) is 22.7 Å². The second-order valence-electron chi connectivity index (χ2n) is 7.41. The number of para-hydroxylation sites is 1. The molecule has 9 nitrogen and oxygen atoms in total. The number of carbonyl (C=O) groups is 3. The van der Waals surface area contributed by atoms with E-state index in [0.29, 0.717) is 22.9 Å². The van der Waals surface area contributed by atoms with Gasteiger partial charge in [0.25, 0.3) is 0 Å². The van der Waals surface area contributed by atoms with Gasteiger partial charge in [-0.15, -0.1) is 0 Å². The van der Waals surface area contributed by atoms with E-state index in [0.717, 1.165) is 0 Å². The quantitative estimate of drug-likeness (QED) is 0.537. The summed E-state index contributed by atoms with van der Waals surface area (Å²) in [6.45, 7) is 0.379. The maximum absolute atomic E-state index is 12.5. The molecule has 2 heterocycles. The number of carbonyl (C=O) groups excluding carboxylic acids is 3. The Balaban J connectivity index is 1.26. The molecule has 1 atom stereocenters. The minimum Gasteiger partial charge on any atom is -0.497 e. The van der Waals surface area contributed by atoms with Crippen molar-refractivity contribution < 1.29 is 28.3 Å². The van der Waals surface area contributed by atoms with E-state index in [9.17, 15) is 14.4 Å². The number of anilines is 1. The maximum Gasteiger partial charge on any atom is 0.305 e. The first-order valence-electron chi connectivity index (χ1n) is 10.3. The van der Waals surface area contributed by atoms with E-state index in [4.69, 9.17) is 13.9 Å². The van der Waals surface area contributed by atoms with Crippen LogP contribution >= 0.6 is 0 Å². The SMILES string of the molecule is COc1ccc(N2CC(C(=O)NNC(=O)c3ccc(COc4ccccc4)o3)CC2=O)cc1. The highest BCUT2D eigenvalue weighted by Gasteiger charge is 2.35. The molecule has 4 rings (SSSR count). The van der Waals surface area contributed by atoms with Crippen LogP contribution in [0.25, 0.3) is 0 Å². The number of ether oxygens (including phenoxy) is 2.